The Kier molecular flexibility index (Phi) is 4.02. The van der Waals surface area contributed by atoms with Crippen molar-refractivity contribution in [3.8, 4) is 0 Å². The number of Topliss-reactive ketones (excluding diaryl/α,β-unsaturated/α-hetero) is 1. The van der Waals surface area contributed by atoms with Crippen molar-refractivity contribution in [2.75, 3.05) is 0 Å². The summed E-state index contributed by atoms with van der Waals surface area (Å²) in [5.41, 5.74) is -2.34. The molecule has 0 aromatic heterocycles. The lowest BCUT2D eigenvalue weighted by molar-refractivity contribution is -0.166. The molecular weight excluding hydrogens is 220 g/mol. The molecular formula is C13H16O4. The predicted molar refractivity (Wildman–Crippen MR) is 62.4 cm³/mol. The van der Waals surface area contributed by atoms with Gasteiger partial charge in [0, 0.05) is 12.0 Å². The highest BCUT2D eigenvalue weighted by atomic mass is 16.4. The van der Waals surface area contributed by atoms with Gasteiger partial charge in [-0.25, -0.2) is 4.79 Å². The van der Waals surface area contributed by atoms with Gasteiger partial charge in [0.1, 0.15) is 0 Å². The molecule has 0 heterocycles. The van der Waals surface area contributed by atoms with Crippen LogP contribution in [-0.4, -0.2) is 22.0 Å². The number of carboxylic acid groups (broad SMARTS) is 1. The van der Waals surface area contributed by atoms with Crippen LogP contribution in [0.5, 0.6) is 0 Å². The maximum absolute atomic E-state index is 11.9. The first-order valence-corrected chi connectivity index (χ1v) is 5.43. The maximum atomic E-state index is 11.9. The molecule has 0 spiro atoms. The van der Waals surface area contributed by atoms with Crippen molar-refractivity contribution in [3.63, 3.8) is 0 Å². The van der Waals surface area contributed by atoms with Gasteiger partial charge in [-0.2, -0.15) is 0 Å². The first kappa shape index (κ1) is 13.4. The van der Waals surface area contributed by atoms with E-state index in [9.17, 15) is 14.7 Å². The quantitative estimate of drug-likeness (QED) is 0.761. The highest BCUT2D eigenvalue weighted by molar-refractivity contribution is 6.06. The summed E-state index contributed by atoms with van der Waals surface area (Å²) in [6.45, 7) is 3.59. The van der Waals surface area contributed by atoms with Crippen molar-refractivity contribution < 1.29 is 19.8 Å². The fourth-order valence-corrected chi connectivity index (χ4v) is 1.60. The number of hydrogen-bond donors (Lipinski definition) is 2. The minimum atomic E-state index is -2.44. The lowest BCUT2D eigenvalue weighted by atomic mass is 9.85. The molecule has 0 fully saturated rings. The standard InChI is InChI=1S/C13H16O4/c1-9(2)8-11(14)13(17,12(15)16)10-6-4-3-5-7-10/h3-7,9,17H,8H2,1-2H3,(H,15,16). The van der Waals surface area contributed by atoms with Gasteiger partial charge in [-0.15, -0.1) is 0 Å². The van der Waals surface area contributed by atoms with E-state index in [-0.39, 0.29) is 17.9 Å². The summed E-state index contributed by atoms with van der Waals surface area (Å²) in [6, 6.07) is 7.75. The van der Waals surface area contributed by atoms with E-state index in [2.05, 4.69) is 0 Å². The van der Waals surface area contributed by atoms with E-state index >= 15 is 0 Å². The van der Waals surface area contributed by atoms with E-state index in [1.807, 2.05) is 0 Å². The average molecular weight is 236 g/mol. The van der Waals surface area contributed by atoms with Gasteiger partial charge < -0.3 is 10.2 Å². The molecule has 0 aliphatic heterocycles. The molecule has 0 aliphatic rings. The molecule has 0 saturated heterocycles. The highest BCUT2D eigenvalue weighted by Gasteiger charge is 2.45. The van der Waals surface area contributed by atoms with Gasteiger partial charge in [0.2, 0.25) is 5.60 Å². The van der Waals surface area contributed by atoms with Crippen LogP contribution in [0.1, 0.15) is 25.8 Å². The number of hydrogen-bond acceptors (Lipinski definition) is 3. The van der Waals surface area contributed by atoms with Crippen molar-refractivity contribution in [2.45, 2.75) is 25.9 Å². The number of aliphatic hydroxyl groups is 1. The van der Waals surface area contributed by atoms with Gasteiger partial charge in [0.05, 0.1) is 0 Å². The molecule has 1 atom stereocenters. The van der Waals surface area contributed by atoms with Crippen LogP contribution >= 0.6 is 0 Å². The molecule has 1 rings (SSSR count). The number of aliphatic carboxylic acids is 1. The lowest BCUT2D eigenvalue weighted by Crippen LogP contribution is -2.44. The van der Waals surface area contributed by atoms with E-state index in [0.29, 0.717) is 0 Å². The maximum Gasteiger partial charge on any atom is 0.348 e. The van der Waals surface area contributed by atoms with Gasteiger partial charge in [-0.1, -0.05) is 44.2 Å². The first-order valence-electron chi connectivity index (χ1n) is 5.43. The molecule has 0 bridgehead atoms. The summed E-state index contributed by atoms with van der Waals surface area (Å²) in [7, 11) is 0. The van der Waals surface area contributed by atoms with Crippen LogP contribution in [0.2, 0.25) is 0 Å². The number of benzene rings is 1. The second kappa shape index (κ2) is 5.10. The van der Waals surface area contributed by atoms with Gasteiger partial charge in [0.15, 0.2) is 5.78 Å². The SMILES string of the molecule is CC(C)CC(=O)C(O)(C(=O)O)c1ccccc1. The lowest BCUT2D eigenvalue weighted by Gasteiger charge is -2.23. The molecule has 0 saturated carbocycles. The third-order valence-electron chi connectivity index (χ3n) is 2.50. The van der Waals surface area contributed by atoms with Crippen molar-refractivity contribution in [1.29, 1.82) is 0 Å². The van der Waals surface area contributed by atoms with Crippen molar-refractivity contribution in [3.05, 3.63) is 35.9 Å². The molecule has 4 nitrogen and oxygen atoms in total. The number of carbonyl (C=O) groups is 2. The Balaban J connectivity index is 3.15. The van der Waals surface area contributed by atoms with E-state index in [4.69, 9.17) is 5.11 Å². The highest BCUT2D eigenvalue weighted by Crippen LogP contribution is 2.25. The van der Waals surface area contributed by atoms with E-state index in [1.165, 1.54) is 12.1 Å². The fourth-order valence-electron chi connectivity index (χ4n) is 1.60. The predicted octanol–water partition coefficient (Wildman–Crippen LogP) is 1.57. The second-order valence-electron chi connectivity index (χ2n) is 4.40. The normalized spacial score (nSPS) is 14.4. The number of carbonyl (C=O) groups excluding carboxylic acids is 1. The van der Waals surface area contributed by atoms with Crippen LogP contribution in [0.4, 0.5) is 0 Å². The molecule has 0 amide bonds. The van der Waals surface area contributed by atoms with Crippen LogP contribution in [-0.2, 0) is 15.2 Å². The zero-order valence-corrected chi connectivity index (χ0v) is 9.88. The Morgan fingerprint density at radius 3 is 2.18 bits per heavy atom. The Morgan fingerprint density at radius 1 is 1.24 bits per heavy atom. The third-order valence-corrected chi connectivity index (χ3v) is 2.50. The molecule has 4 heteroatoms. The van der Waals surface area contributed by atoms with Gasteiger partial charge in [0.25, 0.3) is 0 Å². The molecule has 2 N–H and O–H groups in total. The number of rotatable bonds is 5. The summed E-state index contributed by atoms with van der Waals surface area (Å²) in [6.07, 6.45) is 0.0255. The molecule has 0 radical (unpaired) electrons. The van der Waals surface area contributed by atoms with Crippen LogP contribution in [0, 0.1) is 5.92 Å². The van der Waals surface area contributed by atoms with Gasteiger partial charge in [-0.3, -0.25) is 4.79 Å². The summed E-state index contributed by atoms with van der Waals surface area (Å²) >= 11 is 0. The Hall–Kier alpha value is -1.68. The zero-order chi connectivity index (χ0) is 13.1. The third kappa shape index (κ3) is 2.71. The molecule has 0 aliphatic carbocycles. The zero-order valence-electron chi connectivity index (χ0n) is 9.88. The van der Waals surface area contributed by atoms with Crippen molar-refractivity contribution >= 4 is 11.8 Å². The number of carboxylic acids is 1. The van der Waals surface area contributed by atoms with Crippen LogP contribution in [0.3, 0.4) is 0 Å². The molecule has 17 heavy (non-hydrogen) atoms. The molecule has 1 unspecified atom stereocenters. The van der Waals surface area contributed by atoms with E-state index in [0.717, 1.165) is 0 Å². The van der Waals surface area contributed by atoms with Crippen molar-refractivity contribution in [2.24, 2.45) is 5.92 Å². The topological polar surface area (TPSA) is 74.6 Å². The van der Waals surface area contributed by atoms with E-state index in [1.54, 1.807) is 32.0 Å². The Bertz CT molecular complexity index is 411. The fraction of sp³-hybridized carbons (Fsp3) is 0.385. The Morgan fingerprint density at radius 2 is 1.76 bits per heavy atom. The van der Waals surface area contributed by atoms with Crippen LogP contribution < -0.4 is 0 Å². The molecule has 1 aromatic rings. The molecule has 92 valence electrons. The van der Waals surface area contributed by atoms with Crippen molar-refractivity contribution in [1.82, 2.24) is 0 Å². The Labute approximate surface area is 99.9 Å². The largest absolute Gasteiger partial charge is 0.479 e. The average Bonchev–Trinajstić information content (AvgIpc) is 2.27. The van der Waals surface area contributed by atoms with Crippen LogP contribution in [0.25, 0.3) is 0 Å². The minimum Gasteiger partial charge on any atom is -0.479 e. The summed E-state index contributed by atoms with van der Waals surface area (Å²) in [5, 5.41) is 19.2. The van der Waals surface area contributed by atoms with Crippen LogP contribution in [0.15, 0.2) is 30.3 Å². The second-order valence-corrected chi connectivity index (χ2v) is 4.40. The number of ketones is 1. The monoisotopic (exact) mass is 236 g/mol. The smallest absolute Gasteiger partial charge is 0.348 e. The molecule has 1 aromatic carbocycles. The minimum absolute atomic E-state index is 0.00270. The van der Waals surface area contributed by atoms with Gasteiger partial charge in [-0.05, 0) is 5.92 Å². The first-order chi connectivity index (χ1) is 7.89. The van der Waals surface area contributed by atoms with E-state index < -0.39 is 17.4 Å². The summed E-state index contributed by atoms with van der Waals surface area (Å²) in [5.74, 6) is -2.22. The summed E-state index contributed by atoms with van der Waals surface area (Å²) < 4.78 is 0. The summed E-state index contributed by atoms with van der Waals surface area (Å²) in [4.78, 5) is 23.1. The van der Waals surface area contributed by atoms with Gasteiger partial charge >= 0.3 is 5.97 Å².